The van der Waals surface area contributed by atoms with E-state index in [1.807, 2.05) is 31.2 Å². The minimum Gasteiger partial charge on any atom is -0.437 e. The van der Waals surface area contributed by atoms with Gasteiger partial charge in [0.25, 0.3) is 0 Å². The molecule has 5 heteroatoms. The molecule has 0 atom stereocenters. The Balaban J connectivity index is 2.12. The lowest BCUT2D eigenvalue weighted by Gasteiger charge is -2.12. The van der Waals surface area contributed by atoms with E-state index in [1.165, 1.54) is 0 Å². The molecule has 0 saturated heterocycles. The van der Waals surface area contributed by atoms with Gasteiger partial charge in [0, 0.05) is 28.8 Å². The molecule has 2 rings (SSSR count). The van der Waals surface area contributed by atoms with Crippen LogP contribution in [0.1, 0.15) is 25.1 Å². The number of benzene rings is 1. The summed E-state index contributed by atoms with van der Waals surface area (Å²) in [4.78, 5) is 4.48. The van der Waals surface area contributed by atoms with Gasteiger partial charge in [0.15, 0.2) is 0 Å². The fraction of sp³-hybridized carbons (Fsp3) is 0.312. The van der Waals surface area contributed by atoms with Crippen LogP contribution in [0.2, 0.25) is 5.02 Å². The molecule has 1 aromatic carbocycles. The van der Waals surface area contributed by atoms with E-state index in [2.05, 4.69) is 40.1 Å². The van der Waals surface area contributed by atoms with Crippen molar-refractivity contribution in [3.63, 3.8) is 0 Å². The van der Waals surface area contributed by atoms with Gasteiger partial charge in [0.1, 0.15) is 5.75 Å². The largest absolute Gasteiger partial charge is 0.437 e. The molecule has 1 N–H and O–H groups in total. The molecule has 0 radical (unpaired) electrons. The quantitative estimate of drug-likeness (QED) is 0.796. The maximum Gasteiger partial charge on any atom is 0.219 e. The van der Waals surface area contributed by atoms with Crippen molar-refractivity contribution in [3.05, 3.63) is 51.1 Å². The van der Waals surface area contributed by atoms with Crippen molar-refractivity contribution in [2.24, 2.45) is 0 Å². The second kappa shape index (κ2) is 7.25. The maximum absolute atomic E-state index is 6.14. The first kappa shape index (κ1) is 16.3. The van der Waals surface area contributed by atoms with Crippen molar-refractivity contribution < 1.29 is 4.74 Å². The Labute approximate surface area is 138 Å². The molecule has 0 bridgehead atoms. The molecule has 3 nitrogen and oxygen atoms in total. The summed E-state index contributed by atoms with van der Waals surface area (Å²) in [6.45, 7) is 7.02. The number of nitrogens with zero attached hydrogens (tertiary/aromatic N) is 1. The van der Waals surface area contributed by atoms with Crippen molar-refractivity contribution in [3.8, 4) is 11.6 Å². The number of pyridine rings is 1. The fourth-order valence-electron chi connectivity index (χ4n) is 1.80. The molecule has 0 aliphatic rings. The van der Waals surface area contributed by atoms with E-state index >= 15 is 0 Å². The molecule has 0 spiro atoms. The van der Waals surface area contributed by atoms with E-state index in [9.17, 15) is 0 Å². The molecule has 1 heterocycles. The number of hydrogen-bond donors (Lipinski definition) is 1. The average molecular weight is 370 g/mol. The van der Waals surface area contributed by atoms with Gasteiger partial charge in [-0.25, -0.2) is 4.98 Å². The van der Waals surface area contributed by atoms with Gasteiger partial charge in [-0.3, -0.25) is 0 Å². The second-order valence-corrected chi connectivity index (χ2v) is 6.43. The number of rotatable bonds is 5. The van der Waals surface area contributed by atoms with Crippen molar-refractivity contribution >= 4 is 27.5 Å². The van der Waals surface area contributed by atoms with Crippen LogP contribution in [0.3, 0.4) is 0 Å². The fourth-order valence-corrected chi connectivity index (χ4v) is 2.51. The van der Waals surface area contributed by atoms with Crippen LogP contribution < -0.4 is 10.1 Å². The molecule has 112 valence electrons. The first-order valence-electron chi connectivity index (χ1n) is 6.78. The van der Waals surface area contributed by atoms with Crippen LogP contribution in [0.25, 0.3) is 0 Å². The number of halogens is 2. The summed E-state index contributed by atoms with van der Waals surface area (Å²) < 4.78 is 6.66. The molecule has 0 aliphatic heterocycles. The maximum atomic E-state index is 6.14. The Morgan fingerprint density at radius 1 is 1.29 bits per heavy atom. The van der Waals surface area contributed by atoms with Gasteiger partial charge < -0.3 is 10.1 Å². The number of aryl methyl sites for hydroxylation is 1. The van der Waals surface area contributed by atoms with Crippen LogP contribution in [-0.4, -0.2) is 11.0 Å². The zero-order chi connectivity index (χ0) is 15.4. The van der Waals surface area contributed by atoms with Crippen LogP contribution in [0.5, 0.6) is 11.6 Å². The SMILES string of the molecule is Cc1nc(Oc2ccc(Br)cc2Cl)ccc1CNC(C)C. The Hall–Kier alpha value is -1.10. The smallest absolute Gasteiger partial charge is 0.219 e. The molecular formula is C16H18BrClN2O. The first-order chi connectivity index (χ1) is 9.95. The predicted molar refractivity (Wildman–Crippen MR) is 90.2 cm³/mol. The molecule has 2 aromatic rings. The lowest BCUT2D eigenvalue weighted by Crippen LogP contribution is -2.22. The van der Waals surface area contributed by atoms with Gasteiger partial charge >= 0.3 is 0 Å². The van der Waals surface area contributed by atoms with Crippen molar-refractivity contribution in [2.45, 2.75) is 33.4 Å². The van der Waals surface area contributed by atoms with E-state index in [0.717, 1.165) is 22.3 Å². The molecule has 0 saturated carbocycles. The summed E-state index contributed by atoms with van der Waals surface area (Å²) in [5.74, 6) is 1.14. The Morgan fingerprint density at radius 3 is 2.67 bits per heavy atom. The van der Waals surface area contributed by atoms with Crippen LogP contribution in [0, 0.1) is 6.92 Å². The monoisotopic (exact) mass is 368 g/mol. The number of hydrogen-bond acceptors (Lipinski definition) is 3. The zero-order valence-corrected chi connectivity index (χ0v) is 14.6. The average Bonchev–Trinajstić information content (AvgIpc) is 2.41. The topological polar surface area (TPSA) is 34.1 Å². The summed E-state index contributed by atoms with van der Waals surface area (Å²) in [6, 6.07) is 9.83. The molecule has 21 heavy (non-hydrogen) atoms. The van der Waals surface area contributed by atoms with Crippen molar-refractivity contribution in [2.75, 3.05) is 0 Å². The van der Waals surface area contributed by atoms with Crippen molar-refractivity contribution in [1.82, 2.24) is 10.3 Å². The van der Waals surface area contributed by atoms with E-state index in [-0.39, 0.29) is 0 Å². The minimum absolute atomic E-state index is 0.446. The van der Waals surface area contributed by atoms with Crippen LogP contribution in [0.15, 0.2) is 34.8 Å². The zero-order valence-electron chi connectivity index (χ0n) is 12.3. The van der Waals surface area contributed by atoms with Crippen molar-refractivity contribution in [1.29, 1.82) is 0 Å². The number of aromatic nitrogens is 1. The lowest BCUT2D eigenvalue weighted by molar-refractivity contribution is 0.460. The van der Waals surface area contributed by atoms with Crippen LogP contribution >= 0.6 is 27.5 Å². The highest BCUT2D eigenvalue weighted by atomic mass is 79.9. The minimum atomic E-state index is 0.446. The van der Waals surface area contributed by atoms with Crippen LogP contribution in [-0.2, 0) is 6.54 Å². The van der Waals surface area contributed by atoms with Gasteiger partial charge in [0.05, 0.1) is 5.02 Å². The highest BCUT2D eigenvalue weighted by Crippen LogP contribution is 2.31. The normalized spacial score (nSPS) is 11.0. The second-order valence-electron chi connectivity index (χ2n) is 5.11. The summed E-state index contributed by atoms with van der Waals surface area (Å²) in [5.41, 5.74) is 2.12. The lowest BCUT2D eigenvalue weighted by atomic mass is 10.2. The highest BCUT2D eigenvalue weighted by molar-refractivity contribution is 9.10. The van der Waals surface area contributed by atoms with E-state index in [1.54, 1.807) is 6.07 Å². The number of ether oxygens (including phenoxy) is 1. The standard InChI is InChI=1S/C16H18BrClN2O/c1-10(2)19-9-12-4-7-16(20-11(12)3)21-15-6-5-13(17)8-14(15)18/h4-8,10,19H,9H2,1-3H3. The summed E-state index contributed by atoms with van der Waals surface area (Å²) >= 11 is 9.51. The Bertz CT molecular complexity index is 632. The molecule has 0 fully saturated rings. The van der Waals surface area contributed by atoms with Gasteiger partial charge in [-0.1, -0.05) is 47.4 Å². The third kappa shape index (κ3) is 4.70. The van der Waals surface area contributed by atoms with E-state index < -0.39 is 0 Å². The third-order valence-corrected chi connectivity index (χ3v) is 3.77. The molecule has 0 unspecified atom stereocenters. The van der Waals surface area contributed by atoms with E-state index in [4.69, 9.17) is 16.3 Å². The summed E-state index contributed by atoms with van der Waals surface area (Å²) in [5, 5.41) is 3.93. The predicted octanol–water partition coefficient (Wildman–Crippen LogP) is 5.10. The molecular weight excluding hydrogens is 352 g/mol. The van der Waals surface area contributed by atoms with Crippen LogP contribution in [0.4, 0.5) is 0 Å². The molecule has 0 amide bonds. The number of nitrogens with one attached hydrogen (secondary N) is 1. The Kier molecular flexibility index (Phi) is 5.62. The third-order valence-electron chi connectivity index (χ3n) is 2.98. The summed E-state index contributed by atoms with van der Waals surface area (Å²) in [7, 11) is 0. The first-order valence-corrected chi connectivity index (χ1v) is 7.95. The van der Waals surface area contributed by atoms with E-state index in [0.29, 0.717) is 22.7 Å². The highest BCUT2D eigenvalue weighted by Gasteiger charge is 2.07. The van der Waals surface area contributed by atoms with Gasteiger partial charge in [-0.15, -0.1) is 0 Å². The van der Waals surface area contributed by atoms with Gasteiger partial charge in [-0.05, 0) is 30.7 Å². The molecule has 0 aliphatic carbocycles. The Morgan fingerprint density at radius 2 is 2.05 bits per heavy atom. The van der Waals surface area contributed by atoms with Gasteiger partial charge in [-0.2, -0.15) is 0 Å². The summed E-state index contributed by atoms with van der Waals surface area (Å²) in [6.07, 6.45) is 0. The van der Waals surface area contributed by atoms with Gasteiger partial charge in [0.2, 0.25) is 5.88 Å². The molecule has 1 aromatic heterocycles.